The van der Waals surface area contributed by atoms with Crippen LogP contribution in [0.5, 0.6) is 11.5 Å². The van der Waals surface area contributed by atoms with Gasteiger partial charge in [-0.3, -0.25) is 4.79 Å². The highest BCUT2D eigenvalue weighted by atomic mass is 16.7. The van der Waals surface area contributed by atoms with Crippen LogP contribution in [0.4, 0.5) is 5.69 Å². The molecule has 1 aliphatic rings. The van der Waals surface area contributed by atoms with Crippen LogP contribution in [-0.4, -0.2) is 24.3 Å². The Labute approximate surface area is 192 Å². The minimum absolute atomic E-state index is 0.221. The number of ether oxygens (including phenoxy) is 3. The maximum Gasteiger partial charge on any atom is 0.340 e. The first-order chi connectivity index (χ1) is 15.8. The summed E-state index contributed by atoms with van der Waals surface area (Å²) in [7, 11) is 0. The van der Waals surface area contributed by atoms with E-state index in [9.17, 15) is 9.59 Å². The molecule has 1 amide bonds. The quantitative estimate of drug-likeness (QED) is 0.399. The molecule has 6 nitrogen and oxygen atoms in total. The molecule has 0 spiro atoms. The fourth-order valence-electron chi connectivity index (χ4n) is 3.27. The van der Waals surface area contributed by atoms with Crippen LogP contribution < -0.4 is 14.8 Å². The Balaban J connectivity index is 1.62. The van der Waals surface area contributed by atoms with Gasteiger partial charge < -0.3 is 19.5 Å². The van der Waals surface area contributed by atoms with Crippen molar-refractivity contribution in [2.45, 2.75) is 26.4 Å². The fourth-order valence-corrected chi connectivity index (χ4v) is 3.27. The van der Waals surface area contributed by atoms with Gasteiger partial charge in [-0.1, -0.05) is 42.5 Å². The molecule has 3 aromatic rings. The largest absolute Gasteiger partial charge is 0.456 e. The van der Waals surface area contributed by atoms with E-state index in [0.29, 0.717) is 17.0 Å². The summed E-state index contributed by atoms with van der Waals surface area (Å²) >= 11 is 0. The van der Waals surface area contributed by atoms with Gasteiger partial charge in [-0.15, -0.1) is 0 Å². The van der Waals surface area contributed by atoms with Crippen molar-refractivity contribution >= 4 is 29.7 Å². The van der Waals surface area contributed by atoms with E-state index in [0.717, 1.165) is 16.9 Å². The molecular weight excluding hydrogens is 418 g/mol. The summed E-state index contributed by atoms with van der Waals surface area (Å²) in [6.07, 6.45) is 3.82. The summed E-state index contributed by atoms with van der Waals surface area (Å²) in [4.78, 5) is 25.5. The molecule has 0 saturated heterocycles. The van der Waals surface area contributed by atoms with Crippen LogP contribution in [-0.2, 0) is 4.74 Å². The molecule has 6 heteroatoms. The monoisotopic (exact) mass is 443 g/mol. The average molecular weight is 443 g/mol. The molecule has 4 rings (SSSR count). The summed E-state index contributed by atoms with van der Waals surface area (Å²) < 4.78 is 16.3. The van der Waals surface area contributed by atoms with Gasteiger partial charge in [-0.05, 0) is 68.3 Å². The molecule has 0 bridgehead atoms. The number of anilines is 1. The number of fused-ring (bicyclic) bond motifs is 1. The molecule has 3 aromatic carbocycles. The Hall–Kier alpha value is -4.06. The van der Waals surface area contributed by atoms with E-state index in [1.165, 1.54) is 0 Å². The summed E-state index contributed by atoms with van der Waals surface area (Å²) in [6.45, 7) is 5.62. The predicted molar refractivity (Wildman–Crippen MR) is 127 cm³/mol. The van der Waals surface area contributed by atoms with E-state index in [2.05, 4.69) is 5.32 Å². The summed E-state index contributed by atoms with van der Waals surface area (Å²) in [5, 5.41) is 2.86. The Bertz CT molecular complexity index is 1210. The highest BCUT2D eigenvalue weighted by molar-refractivity contribution is 6.08. The number of benzene rings is 3. The van der Waals surface area contributed by atoms with Gasteiger partial charge in [0.25, 0.3) is 5.91 Å². The molecule has 0 aliphatic carbocycles. The predicted octanol–water partition coefficient (Wildman–Crippen LogP) is 5.79. The number of hydrogen-bond donors (Lipinski definition) is 1. The molecule has 0 radical (unpaired) electrons. The van der Waals surface area contributed by atoms with E-state index in [4.69, 9.17) is 14.2 Å². The van der Waals surface area contributed by atoms with Crippen molar-refractivity contribution in [3.63, 3.8) is 0 Å². The number of carbonyl (C=O) groups excluding carboxylic acids is 2. The lowest BCUT2D eigenvalue weighted by molar-refractivity contribution is 0.00707. The van der Waals surface area contributed by atoms with Crippen LogP contribution in [0.1, 0.15) is 52.6 Å². The molecule has 1 aliphatic heterocycles. The van der Waals surface area contributed by atoms with Gasteiger partial charge in [0.15, 0.2) is 11.5 Å². The molecule has 0 fully saturated rings. The molecule has 168 valence electrons. The number of nitrogens with one attached hydrogen (secondary N) is 1. The van der Waals surface area contributed by atoms with Crippen LogP contribution in [0.25, 0.3) is 12.2 Å². The number of carbonyl (C=O) groups is 2. The number of amides is 1. The zero-order valence-electron chi connectivity index (χ0n) is 18.8. The standard InChI is InChI=1S/C27H25NO5/c1-27(2,3)33-26(30)21-13-11-18(9-10-19-12-14-23-24(16-19)32-17-31-23)15-22(21)28-25(29)20-7-5-4-6-8-20/h4-16H,17H2,1-3H3,(H,28,29)/b10-9+. The van der Waals surface area contributed by atoms with Gasteiger partial charge in [0.2, 0.25) is 6.79 Å². The third-order valence-corrected chi connectivity index (χ3v) is 4.81. The topological polar surface area (TPSA) is 73.9 Å². The first-order valence-corrected chi connectivity index (χ1v) is 10.6. The van der Waals surface area contributed by atoms with E-state index < -0.39 is 11.6 Å². The van der Waals surface area contributed by atoms with Crippen LogP contribution in [0.2, 0.25) is 0 Å². The van der Waals surface area contributed by atoms with Crippen molar-refractivity contribution in [1.82, 2.24) is 0 Å². The Morgan fingerprint density at radius 3 is 2.27 bits per heavy atom. The van der Waals surface area contributed by atoms with E-state index in [-0.39, 0.29) is 18.3 Å². The maximum atomic E-state index is 12.8. The van der Waals surface area contributed by atoms with Crippen LogP contribution >= 0.6 is 0 Å². The van der Waals surface area contributed by atoms with Crippen LogP contribution in [0.15, 0.2) is 66.7 Å². The van der Waals surface area contributed by atoms with Crippen molar-refractivity contribution in [2.75, 3.05) is 12.1 Å². The summed E-state index contributed by atoms with van der Waals surface area (Å²) in [5.41, 5.74) is 2.25. The molecule has 1 heterocycles. The first-order valence-electron chi connectivity index (χ1n) is 10.6. The second-order valence-corrected chi connectivity index (χ2v) is 8.57. The molecular formula is C27H25NO5. The van der Waals surface area contributed by atoms with Gasteiger partial charge >= 0.3 is 5.97 Å². The lowest BCUT2D eigenvalue weighted by Gasteiger charge is -2.21. The van der Waals surface area contributed by atoms with Crippen LogP contribution in [0.3, 0.4) is 0 Å². The molecule has 33 heavy (non-hydrogen) atoms. The lowest BCUT2D eigenvalue weighted by Crippen LogP contribution is -2.25. The fraction of sp³-hybridized carbons (Fsp3) is 0.185. The van der Waals surface area contributed by atoms with Gasteiger partial charge in [-0.2, -0.15) is 0 Å². The van der Waals surface area contributed by atoms with Gasteiger partial charge in [0.1, 0.15) is 5.60 Å². The van der Waals surface area contributed by atoms with Crippen LogP contribution in [0, 0.1) is 0 Å². The summed E-state index contributed by atoms with van der Waals surface area (Å²) in [6, 6.07) is 19.7. The maximum absolute atomic E-state index is 12.8. The van der Waals surface area contributed by atoms with Crippen molar-refractivity contribution in [1.29, 1.82) is 0 Å². The first kappa shape index (κ1) is 22.1. The minimum atomic E-state index is -0.657. The number of hydrogen-bond acceptors (Lipinski definition) is 5. The molecule has 0 unspecified atom stereocenters. The highest BCUT2D eigenvalue weighted by Crippen LogP contribution is 2.33. The zero-order chi connectivity index (χ0) is 23.4. The van der Waals surface area contributed by atoms with Gasteiger partial charge in [0, 0.05) is 5.56 Å². The van der Waals surface area contributed by atoms with Crippen molar-refractivity contribution < 1.29 is 23.8 Å². The average Bonchev–Trinajstić information content (AvgIpc) is 3.25. The summed E-state index contributed by atoms with van der Waals surface area (Å²) in [5.74, 6) is 0.613. The number of esters is 1. The molecule has 1 N–H and O–H groups in total. The minimum Gasteiger partial charge on any atom is -0.456 e. The van der Waals surface area contributed by atoms with Gasteiger partial charge in [-0.25, -0.2) is 4.79 Å². The van der Waals surface area contributed by atoms with Crippen molar-refractivity contribution in [3.05, 3.63) is 89.0 Å². The molecule has 0 saturated carbocycles. The third-order valence-electron chi connectivity index (χ3n) is 4.81. The Kier molecular flexibility index (Phi) is 6.18. The van der Waals surface area contributed by atoms with E-state index in [1.54, 1.807) is 63.2 Å². The smallest absolute Gasteiger partial charge is 0.340 e. The second-order valence-electron chi connectivity index (χ2n) is 8.57. The molecule has 0 aromatic heterocycles. The number of rotatable bonds is 5. The SMILES string of the molecule is CC(C)(C)OC(=O)c1ccc(/C=C/c2ccc3c(c2)OCO3)cc1NC(=O)c1ccccc1. The van der Waals surface area contributed by atoms with E-state index >= 15 is 0 Å². The zero-order valence-corrected chi connectivity index (χ0v) is 18.8. The Morgan fingerprint density at radius 1 is 0.879 bits per heavy atom. The highest BCUT2D eigenvalue weighted by Gasteiger charge is 2.21. The lowest BCUT2D eigenvalue weighted by atomic mass is 10.1. The van der Waals surface area contributed by atoms with E-state index in [1.807, 2.05) is 36.4 Å². The Morgan fingerprint density at radius 2 is 1.55 bits per heavy atom. The van der Waals surface area contributed by atoms with Gasteiger partial charge in [0.05, 0.1) is 11.3 Å². The van der Waals surface area contributed by atoms with Crippen molar-refractivity contribution in [3.8, 4) is 11.5 Å². The molecule has 0 atom stereocenters. The normalized spacial score (nSPS) is 12.6. The third kappa shape index (κ3) is 5.60. The second kappa shape index (κ2) is 9.20. The van der Waals surface area contributed by atoms with Crippen molar-refractivity contribution in [2.24, 2.45) is 0 Å².